The van der Waals surface area contributed by atoms with E-state index in [0.717, 1.165) is 21.3 Å². The highest BCUT2D eigenvalue weighted by molar-refractivity contribution is 9.10. The average Bonchev–Trinajstić information content (AvgIpc) is 2.87. The van der Waals surface area contributed by atoms with Crippen molar-refractivity contribution in [1.82, 2.24) is 5.32 Å². The van der Waals surface area contributed by atoms with Crippen LogP contribution < -0.4 is 15.5 Å². The van der Waals surface area contributed by atoms with Crippen molar-refractivity contribution in [1.29, 1.82) is 0 Å². The van der Waals surface area contributed by atoms with Gasteiger partial charge in [0.1, 0.15) is 0 Å². The molecule has 1 aliphatic rings. The summed E-state index contributed by atoms with van der Waals surface area (Å²) in [6.45, 7) is 0. The van der Waals surface area contributed by atoms with Crippen LogP contribution in [0.1, 0.15) is 11.1 Å². The van der Waals surface area contributed by atoms with Crippen molar-refractivity contribution in [2.45, 2.75) is 6.17 Å². The van der Waals surface area contributed by atoms with Crippen LogP contribution in [0.25, 0.3) is 0 Å². The highest BCUT2D eigenvalue weighted by Crippen LogP contribution is 2.27. The molecule has 1 heterocycles. The maximum Gasteiger partial charge on any atom is 0.321 e. The average molecular weight is 463 g/mol. The lowest BCUT2D eigenvalue weighted by atomic mass is 10.0. The lowest BCUT2D eigenvalue weighted by molar-refractivity contribution is -0.119. The number of nitrogens with zero attached hydrogens (tertiary/aromatic N) is 2. The van der Waals surface area contributed by atoms with Crippen LogP contribution in [0.2, 0.25) is 0 Å². The number of amides is 3. The van der Waals surface area contributed by atoms with Crippen LogP contribution in [0.3, 0.4) is 0 Å². The number of likely N-dealkylation sites (N-methyl/N-ethyl adjacent to an activating group) is 1. The van der Waals surface area contributed by atoms with Crippen LogP contribution in [0, 0.1) is 0 Å². The molecule has 0 fully saturated rings. The molecule has 0 saturated carbocycles. The summed E-state index contributed by atoms with van der Waals surface area (Å²) in [5.41, 5.74) is 3.68. The third-order valence-electron chi connectivity index (χ3n) is 4.78. The van der Waals surface area contributed by atoms with Gasteiger partial charge in [-0.05, 0) is 34.1 Å². The van der Waals surface area contributed by atoms with E-state index in [1.807, 2.05) is 72.8 Å². The predicted molar refractivity (Wildman–Crippen MR) is 122 cm³/mol. The number of benzodiazepines with no additional fused rings is 1. The van der Waals surface area contributed by atoms with E-state index in [9.17, 15) is 9.59 Å². The van der Waals surface area contributed by atoms with Crippen LogP contribution in [-0.2, 0) is 4.79 Å². The Morgan fingerprint density at radius 3 is 2.40 bits per heavy atom. The molecule has 0 aromatic heterocycles. The van der Waals surface area contributed by atoms with Crippen molar-refractivity contribution in [3.05, 3.63) is 94.5 Å². The number of fused-ring (bicyclic) bond motifs is 1. The van der Waals surface area contributed by atoms with Gasteiger partial charge in [-0.2, -0.15) is 0 Å². The number of halogens is 1. The summed E-state index contributed by atoms with van der Waals surface area (Å²) in [4.78, 5) is 31.9. The number of hydrogen-bond acceptors (Lipinski definition) is 3. The van der Waals surface area contributed by atoms with E-state index in [2.05, 4.69) is 31.6 Å². The summed E-state index contributed by atoms with van der Waals surface area (Å²) in [5, 5.41) is 5.45. The quantitative estimate of drug-likeness (QED) is 0.604. The number of aliphatic imine (C=N–C) groups is 1. The van der Waals surface area contributed by atoms with E-state index in [1.165, 1.54) is 4.90 Å². The molecule has 3 aromatic rings. The Kier molecular flexibility index (Phi) is 5.63. The van der Waals surface area contributed by atoms with Crippen molar-refractivity contribution in [3.63, 3.8) is 0 Å². The fraction of sp³-hybridized carbons (Fsp3) is 0.0870. The van der Waals surface area contributed by atoms with Crippen molar-refractivity contribution in [3.8, 4) is 0 Å². The van der Waals surface area contributed by atoms with Gasteiger partial charge in [-0.15, -0.1) is 0 Å². The Bertz CT molecular complexity index is 1130. The van der Waals surface area contributed by atoms with Gasteiger partial charge in [0.2, 0.25) is 6.17 Å². The molecular weight excluding hydrogens is 444 g/mol. The van der Waals surface area contributed by atoms with Crippen LogP contribution in [0.15, 0.2) is 88.3 Å². The van der Waals surface area contributed by atoms with E-state index < -0.39 is 12.2 Å². The smallest absolute Gasteiger partial charge is 0.311 e. The molecule has 150 valence electrons. The highest BCUT2D eigenvalue weighted by Gasteiger charge is 2.30. The SMILES string of the molecule is CN1C(=O)C(NC(=O)Nc2ccccc2Br)N=C(c2ccccc2)c2ccccc21. The van der Waals surface area contributed by atoms with Gasteiger partial charge in [-0.1, -0.05) is 60.7 Å². The van der Waals surface area contributed by atoms with E-state index in [0.29, 0.717) is 11.4 Å². The second kappa shape index (κ2) is 8.51. The second-order valence-corrected chi connectivity index (χ2v) is 7.59. The topological polar surface area (TPSA) is 73.8 Å². The van der Waals surface area contributed by atoms with Crippen LogP contribution >= 0.6 is 15.9 Å². The first-order valence-corrected chi connectivity index (χ1v) is 10.2. The fourth-order valence-electron chi connectivity index (χ4n) is 3.29. The summed E-state index contributed by atoms with van der Waals surface area (Å²) in [7, 11) is 1.69. The maximum atomic E-state index is 13.1. The zero-order valence-electron chi connectivity index (χ0n) is 16.2. The number of anilines is 2. The van der Waals surface area contributed by atoms with Crippen molar-refractivity contribution < 1.29 is 9.59 Å². The molecule has 0 radical (unpaired) electrons. The van der Waals surface area contributed by atoms with Gasteiger partial charge in [-0.3, -0.25) is 4.79 Å². The summed E-state index contributed by atoms with van der Waals surface area (Å²) in [6, 6.07) is 23.9. The number of carbonyl (C=O) groups excluding carboxylic acids is 2. The molecular formula is C23H19BrN4O2. The Morgan fingerprint density at radius 1 is 0.967 bits per heavy atom. The summed E-state index contributed by atoms with van der Waals surface area (Å²) < 4.78 is 0.741. The zero-order valence-corrected chi connectivity index (χ0v) is 17.8. The number of hydrogen-bond donors (Lipinski definition) is 2. The van der Waals surface area contributed by atoms with Crippen molar-refractivity contribution >= 4 is 45.0 Å². The molecule has 0 saturated heterocycles. The standard InChI is InChI=1S/C23H19BrN4O2/c1-28-19-14-8-5-11-16(19)20(15-9-3-2-4-10-15)26-21(22(28)29)27-23(30)25-18-13-7-6-12-17(18)24/h2-14,21H,1H3,(H2,25,27,30). The molecule has 3 aromatic carbocycles. The molecule has 7 heteroatoms. The lowest BCUT2D eigenvalue weighted by Crippen LogP contribution is -2.47. The van der Waals surface area contributed by atoms with Crippen LogP contribution in [0.5, 0.6) is 0 Å². The van der Waals surface area contributed by atoms with Gasteiger partial charge >= 0.3 is 6.03 Å². The molecule has 0 bridgehead atoms. The summed E-state index contributed by atoms with van der Waals surface area (Å²) in [6.07, 6.45) is -1.07. The number of benzene rings is 3. The highest BCUT2D eigenvalue weighted by atomic mass is 79.9. The number of para-hydroxylation sites is 2. The maximum absolute atomic E-state index is 13.1. The van der Waals surface area contributed by atoms with E-state index in [-0.39, 0.29) is 5.91 Å². The number of nitrogens with one attached hydrogen (secondary N) is 2. The van der Waals surface area contributed by atoms with Crippen LogP contribution in [0.4, 0.5) is 16.2 Å². The molecule has 1 atom stereocenters. The number of rotatable bonds is 3. The second-order valence-electron chi connectivity index (χ2n) is 6.74. The molecule has 0 spiro atoms. The zero-order chi connectivity index (χ0) is 21.1. The molecule has 30 heavy (non-hydrogen) atoms. The van der Waals surface area contributed by atoms with E-state index >= 15 is 0 Å². The molecule has 4 rings (SSSR count). The third kappa shape index (κ3) is 3.97. The first-order valence-electron chi connectivity index (χ1n) is 9.37. The van der Waals surface area contributed by atoms with E-state index in [1.54, 1.807) is 13.1 Å². The minimum absolute atomic E-state index is 0.323. The lowest BCUT2D eigenvalue weighted by Gasteiger charge is -2.21. The Balaban J connectivity index is 1.70. The van der Waals surface area contributed by atoms with Gasteiger partial charge in [0, 0.05) is 22.6 Å². The third-order valence-corrected chi connectivity index (χ3v) is 5.47. The normalized spacial score (nSPS) is 15.7. The van der Waals surface area contributed by atoms with Crippen molar-refractivity contribution in [2.24, 2.45) is 4.99 Å². The molecule has 0 aliphatic carbocycles. The number of carbonyl (C=O) groups is 2. The van der Waals surface area contributed by atoms with Gasteiger partial charge < -0.3 is 15.5 Å². The molecule has 3 amide bonds. The first-order chi connectivity index (χ1) is 14.5. The van der Waals surface area contributed by atoms with Gasteiger partial charge in [0.05, 0.1) is 17.1 Å². The summed E-state index contributed by atoms with van der Waals surface area (Å²) >= 11 is 3.40. The monoisotopic (exact) mass is 462 g/mol. The largest absolute Gasteiger partial charge is 0.321 e. The Hall–Kier alpha value is -3.45. The fourth-order valence-corrected chi connectivity index (χ4v) is 3.67. The Labute approximate surface area is 182 Å². The predicted octanol–water partition coefficient (Wildman–Crippen LogP) is 4.41. The van der Waals surface area contributed by atoms with E-state index in [4.69, 9.17) is 0 Å². The van der Waals surface area contributed by atoms with Gasteiger partial charge in [0.25, 0.3) is 5.91 Å². The minimum Gasteiger partial charge on any atom is -0.311 e. The molecule has 1 unspecified atom stereocenters. The molecule has 1 aliphatic heterocycles. The first kappa shape index (κ1) is 19.8. The Morgan fingerprint density at radius 2 is 1.63 bits per heavy atom. The van der Waals surface area contributed by atoms with Crippen LogP contribution in [-0.4, -0.2) is 30.9 Å². The minimum atomic E-state index is -1.07. The molecule has 2 N–H and O–H groups in total. The van der Waals surface area contributed by atoms with Crippen molar-refractivity contribution in [2.75, 3.05) is 17.3 Å². The molecule has 6 nitrogen and oxygen atoms in total. The number of urea groups is 1. The summed E-state index contributed by atoms with van der Waals surface area (Å²) in [5.74, 6) is -0.323. The van der Waals surface area contributed by atoms with Gasteiger partial charge in [0.15, 0.2) is 0 Å². The van der Waals surface area contributed by atoms with Gasteiger partial charge in [-0.25, -0.2) is 9.79 Å².